The van der Waals surface area contributed by atoms with Crippen molar-refractivity contribution in [3.05, 3.63) is 33.6 Å². The second-order valence-corrected chi connectivity index (χ2v) is 4.00. The van der Waals surface area contributed by atoms with Crippen molar-refractivity contribution in [3.8, 4) is 0 Å². The Morgan fingerprint density at radius 1 is 1.40 bits per heavy atom. The van der Waals surface area contributed by atoms with Crippen LogP contribution in [-0.2, 0) is 0 Å². The fourth-order valence-electron chi connectivity index (χ4n) is 1.26. The quantitative estimate of drug-likeness (QED) is 0.807. The molecule has 0 aliphatic rings. The zero-order valence-corrected chi connectivity index (χ0v) is 9.74. The van der Waals surface area contributed by atoms with E-state index < -0.39 is 5.82 Å². The number of benzene rings is 1. The summed E-state index contributed by atoms with van der Waals surface area (Å²) >= 11 is 11.5. The van der Waals surface area contributed by atoms with Crippen molar-refractivity contribution in [1.82, 2.24) is 5.32 Å². The summed E-state index contributed by atoms with van der Waals surface area (Å²) in [7, 11) is 0. The van der Waals surface area contributed by atoms with Crippen LogP contribution in [0.1, 0.15) is 18.5 Å². The van der Waals surface area contributed by atoms with Gasteiger partial charge in [-0.1, -0.05) is 23.2 Å². The van der Waals surface area contributed by atoms with Crippen LogP contribution in [0.3, 0.4) is 0 Å². The van der Waals surface area contributed by atoms with Gasteiger partial charge in [0, 0.05) is 17.6 Å². The summed E-state index contributed by atoms with van der Waals surface area (Å²) in [6, 6.07) is 2.56. The summed E-state index contributed by atoms with van der Waals surface area (Å²) in [4.78, 5) is 0. The van der Waals surface area contributed by atoms with E-state index in [2.05, 4.69) is 5.32 Å². The molecule has 1 atom stereocenters. The molecule has 2 N–H and O–H groups in total. The summed E-state index contributed by atoms with van der Waals surface area (Å²) in [6.07, 6.45) is 0. The molecule has 2 nitrogen and oxygen atoms in total. The molecular formula is C10H12Cl2FNO. The number of nitrogens with one attached hydrogen (secondary N) is 1. The standard InChI is InChI=1S/C10H12Cl2FNO/c1-6(14-2-3-15)7-4-10(13)9(12)5-8(7)11/h4-6,14-15H,2-3H2,1H3. The maximum atomic E-state index is 13.2. The third-order valence-corrected chi connectivity index (χ3v) is 2.69. The van der Waals surface area contributed by atoms with Crippen molar-refractivity contribution in [2.24, 2.45) is 0 Å². The minimum atomic E-state index is -0.492. The van der Waals surface area contributed by atoms with E-state index in [1.54, 1.807) is 0 Å². The van der Waals surface area contributed by atoms with Gasteiger partial charge in [0.05, 0.1) is 11.6 Å². The Hall–Kier alpha value is -0.350. The number of hydrogen-bond acceptors (Lipinski definition) is 2. The molecule has 15 heavy (non-hydrogen) atoms. The fourth-order valence-corrected chi connectivity index (χ4v) is 1.81. The lowest BCUT2D eigenvalue weighted by Gasteiger charge is -2.15. The zero-order chi connectivity index (χ0) is 11.4. The molecule has 0 aromatic heterocycles. The molecule has 0 amide bonds. The number of hydrogen-bond donors (Lipinski definition) is 2. The van der Waals surface area contributed by atoms with E-state index in [1.807, 2.05) is 6.92 Å². The predicted molar refractivity (Wildman–Crippen MR) is 59.9 cm³/mol. The van der Waals surface area contributed by atoms with Gasteiger partial charge in [0.1, 0.15) is 5.82 Å². The molecule has 0 fully saturated rings. The van der Waals surface area contributed by atoms with Crippen LogP contribution < -0.4 is 5.32 Å². The van der Waals surface area contributed by atoms with Crippen molar-refractivity contribution >= 4 is 23.2 Å². The van der Waals surface area contributed by atoms with E-state index in [4.69, 9.17) is 28.3 Å². The molecule has 1 unspecified atom stereocenters. The molecule has 84 valence electrons. The molecular weight excluding hydrogens is 240 g/mol. The topological polar surface area (TPSA) is 32.3 Å². The molecule has 5 heteroatoms. The average Bonchev–Trinajstić information content (AvgIpc) is 2.20. The zero-order valence-electron chi connectivity index (χ0n) is 8.23. The van der Waals surface area contributed by atoms with Crippen molar-refractivity contribution < 1.29 is 9.50 Å². The Morgan fingerprint density at radius 2 is 2.07 bits per heavy atom. The second-order valence-electron chi connectivity index (χ2n) is 3.19. The molecule has 1 rings (SSSR count). The molecule has 0 heterocycles. The van der Waals surface area contributed by atoms with Gasteiger partial charge in [-0.15, -0.1) is 0 Å². The third-order valence-electron chi connectivity index (χ3n) is 2.07. The maximum Gasteiger partial charge on any atom is 0.142 e. The normalized spacial score (nSPS) is 12.9. The molecule has 0 saturated heterocycles. The van der Waals surface area contributed by atoms with Gasteiger partial charge in [0.25, 0.3) is 0 Å². The lowest BCUT2D eigenvalue weighted by Crippen LogP contribution is -2.22. The Morgan fingerprint density at radius 3 is 2.67 bits per heavy atom. The molecule has 0 aliphatic heterocycles. The van der Waals surface area contributed by atoms with Crippen LogP contribution in [0, 0.1) is 5.82 Å². The molecule has 1 aromatic rings. The lowest BCUT2D eigenvalue weighted by atomic mass is 10.1. The van der Waals surface area contributed by atoms with Gasteiger partial charge in [-0.05, 0) is 24.6 Å². The molecule has 0 spiro atoms. The van der Waals surface area contributed by atoms with Crippen LogP contribution >= 0.6 is 23.2 Å². The largest absolute Gasteiger partial charge is 0.395 e. The Kier molecular flexibility index (Phi) is 4.80. The van der Waals surface area contributed by atoms with Crippen molar-refractivity contribution in [2.45, 2.75) is 13.0 Å². The van der Waals surface area contributed by atoms with Crippen LogP contribution in [0.25, 0.3) is 0 Å². The highest BCUT2D eigenvalue weighted by Crippen LogP contribution is 2.28. The first-order chi connectivity index (χ1) is 7.06. The summed E-state index contributed by atoms with van der Waals surface area (Å²) in [5.41, 5.74) is 0.631. The van der Waals surface area contributed by atoms with Crippen LogP contribution in [0.15, 0.2) is 12.1 Å². The molecule has 0 aliphatic carbocycles. The van der Waals surface area contributed by atoms with E-state index in [0.29, 0.717) is 17.1 Å². The Balaban J connectivity index is 2.88. The summed E-state index contributed by atoms with van der Waals surface area (Å²) in [6.45, 7) is 2.30. The van der Waals surface area contributed by atoms with Crippen LogP contribution in [0.5, 0.6) is 0 Å². The highest BCUT2D eigenvalue weighted by molar-refractivity contribution is 6.35. The number of aliphatic hydroxyl groups excluding tert-OH is 1. The third kappa shape index (κ3) is 3.31. The fraction of sp³-hybridized carbons (Fsp3) is 0.400. The first-order valence-corrected chi connectivity index (χ1v) is 5.30. The van der Waals surface area contributed by atoms with E-state index in [-0.39, 0.29) is 17.7 Å². The SMILES string of the molecule is CC(NCCO)c1cc(F)c(Cl)cc1Cl. The minimum absolute atomic E-state index is 0.0121. The van der Waals surface area contributed by atoms with Crippen LogP contribution in [0.2, 0.25) is 10.0 Å². The van der Waals surface area contributed by atoms with Crippen LogP contribution in [0.4, 0.5) is 4.39 Å². The molecule has 0 saturated carbocycles. The van der Waals surface area contributed by atoms with Gasteiger partial charge in [-0.3, -0.25) is 0 Å². The van der Waals surface area contributed by atoms with E-state index in [1.165, 1.54) is 12.1 Å². The maximum absolute atomic E-state index is 13.2. The number of aliphatic hydroxyl groups is 1. The Labute approximate surface area is 98.0 Å². The predicted octanol–water partition coefficient (Wildman–Crippen LogP) is 2.78. The number of halogens is 3. The first kappa shape index (κ1) is 12.7. The first-order valence-electron chi connectivity index (χ1n) is 4.55. The van der Waals surface area contributed by atoms with Crippen LogP contribution in [-0.4, -0.2) is 18.3 Å². The Bertz CT molecular complexity index is 346. The lowest BCUT2D eigenvalue weighted by molar-refractivity contribution is 0.286. The average molecular weight is 252 g/mol. The van der Waals surface area contributed by atoms with E-state index in [9.17, 15) is 4.39 Å². The van der Waals surface area contributed by atoms with Crippen molar-refractivity contribution in [1.29, 1.82) is 0 Å². The monoisotopic (exact) mass is 251 g/mol. The number of rotatable bonds is 4. The van der Waals surface area contributed by atoms with E-state index in [0.717, 1.165) is 0 Å². The highest BCUT2D eigenvalue weighted by Gasteiger charge is 2.12. The van der Waals surface area contributed by atoms with Gasteiger partial charge in [-0.25, -0.2) is 4.39 Å². The van der Waals surface area contributed by atoms with Gasteiger partial charge in [-0.2, -0.15) is 0 Å². The summed E-state index contributed by atoms with van der Waals surface area (Å²) in [5, 5.41) is 12.1. The summed E-state index contributed by atoms with van der Waals surface area (Å²) < 4.78 is 13.2. The van der Waals surface area contributed by atoms with Gasteiger partial charge in [0.2, 0.25) is 0 Å². The van der Waals surface area contributed by atoms with E-state index >= 15 is 0 Å². The van der Waals surface area contributed by atoms with Gasteiger partial charge >= 0.3 is 0 Å². The molecule has 0 radical (unpaired) electrons. The van der Waals surface area contributed by atoms with Gasteiger partial charge in [0.15, 0.2) is 0 Å². The van der Waals surface area contributed by atoms with Gasteiger partial charge < -0.3 is 10.4 Å². The summed E-state index contributed by atoms with van der Waals surface area (Å²) in [5.74, 6) is -0.492. The minimum Gasteiger partial charge on any atom is -0.395 e. The smallest absolute Gasteiger partial charge is 0.142 e. The molecule has 1 aromatic carbocycles. The van der Waals surface area contributed by atoms with Crippen molar-refractivity contribution in [3.63, 3.8) is 0 Å². The second kappa shape index (κ2) is 5.66. The van der Waals surface area contributed by atoms with Crippen molar-refractivity contribution in [2.75, 3.05) is 13.2 Å². The highest BCUT2D eigenvalue weighted by atomic mass is 35.5. The molecule has 0 bridgehead atoms.